The van der Waals surface area contributed by atoms with Crippen molar-refractivity contribution in [1.29, 1.82) is 0 Å². The molecule has 1 aromatic rings. The van der Waals surface area contributed by atoms with Crippen LogP contribution in [0.1, 0.15) is 57.1 Å². The summed E-state index contributed by atoms with van der Waals surface area (Å²) in [6, 6.07) is 3.14. The highest BCUT2D eigenvalue weighted by Gasteiger charge is 2.18. The van der Waals surface area contributed by atoms with Crippen molar-refractivity contribution in [1.82, 2.24) is 5.32 Å². The molecule has 1 aromatic carbocycles. The van der Waals surface area contributed by atoms with E-state index >= 15 is 0 Å². The summed E-state index contributed by atoms with van der Waals surface area (Å²) in [5.74, 6) is 1.10. The first-order chi connectivity index (χ1) is 12.3. The molecule has 0 saturated carbocycles. The summed E-state index contributed by atoms with van der Waals surface area (Å²) in [7, 11) is 0. The normalized spacial score (nSPS) is 14.9. The molecule has 0 aliphatic carbocycles. The van der Waals surface area contributed by atoms with Gasteiger partial charge in [-0.15, -0.1) is 0 Å². The lowest BCUT2D eigenvalue weighted by molar-refractivity contribution is 0.281. The summed E-state index contributed by atoms with van der Waals surface area (Å²) in [4.78, 5) is 4.33. The van der Waals surface area contributed by atoms with E-state index in [0.717, 1.165) is 23.2 Å². The molecule has 0 aromatic heterocycles. The quantitative estimate of drug-likeness (QED) is 0.683. The molecule has 0 amide bonds. The molecule has 0 saturated heterocycles. The zero-order valence-electron chi connectivity index (χ0n) is 16.0. The van der Waals surface area contributed by atoms with Crippen LogP contribution in [-0.2, 0) is 4.74 Å². The maximum Gasteiger partial charge on any atom is 0.234 e. The van der Waals surface area contributed by atoms with Crippen LogP contribution < -0.4 is 16.4 Å². The van der Waals surface area contributed by atoms with Gasteiger partial charge in [0, 0.05) is 24.9 Å². The van der Waals surface area contributed by atoms with Crippen LogP contribution >= 0.6 is 0 Å². The number of benzene rings is 1. The Balaban J connectivity index is 2.26. The van der Waals surface area contributed by atoms with Crippen LogP contribution in [0.4, 0.5) is 10.1 Å². The number of hydrogen-bond acceptors (Lipinski definition) is 5. The summed E-state index contributed by atoms with van der Waals surface area (Å²) in [6.07, 6.45) is 2.31. The standard InChI is InChI=1S/C20H29FN4O/c1-12(2)16-9-15(21)10-17(13(3)4)19(16)25-14(5)24-18(11-22)20-23-7-6-8-26-20/h9-13,24-25H,5-8,22H2,1-4H3. The van der Waals surface area contributed by atoms with Gasteiger partial charge in [0.05, 0.1) is 6.61 Å². The molecular weight excluding hydrogens is 331 g/mol. The van der Waals surface area contributed by atoms with Crippen LogP contribution in [-0.4, -0.2) is 19.0 Å². The van der Waals surface area contributed by atoms with E-state index in [1.165, 1.54) is 6.20 Å². The average Bonchev–Trinajstić information content (AvgIpc) is 2.61. The molecule has 0 spiro atoms. The first-order valence-corrected chi connectivity index (χ1v) is 8.99. The predicted octanol–water partition coefficient (Wildman–Crippen LogP) is 4.16. The van der Waals surface area contributed by atoms with Crippen molar-refractivity contribution in [2.75, 3.05) is 18.5 Å². The highest BCUT2D eigenvalue weighted by Crippen LogP contribution is 2.34. The fourth-order valence-corrected chi connectivity index (χ4v) is 2.84. The minimum absolute atomic E-state index is 0.161. The third-order valence-electron chi connectivity index (χ3n) is 4.16. The van der Waals surface area contributed by atoms with E-state index in [2.05, 4.69) is 22.2 Å². The third-order valence-corrected chi connectivity index (χ3v) is 4.16. The smallest absolute Gasteiger partial charge is 0.234 e. The molecule has 5 nitrogen and oxygen atoms in total. The fourth-order valence-electron chi connectivity index (χ4n) is 2.84. The van der Waals surface area contributed by atoms with Gasteiger partial charge in [-0.05, 0) is 35.1 Å². The molecule has 26 heavy (non-hydrogen) atoms. The van der Waals surface area contributed by atoms with Crippen molar-refractivity contribution in [3.63, 3.8) is 0 Å². The minimum atomic E-state index is -0.228. The van der Waals surface area contributed by atoms with Crippen molar-refractivity contribution >= 4 is 11.6 Å². The van der Waals surface area contributed by atoms with E-state index in [4.69, 9.17) is 10.5 Å². The lowest BCUT2D eigenvalue weighted by Crippen LogP contribution is -2.28. The number of nitrogens with one attached hydrogen (secondary N) is 2. The van der Waals surface area contributed by atoms with Gasteiger partial charge in [-0.2, -0.15) is 0 Å². The maximum absolute atomic E-state index is 14.0. The van der Waals surface area contributed by atoms with Crippen LogP contribution in [0, 0.1) is 5.82 Å². The number of nitrogens with two attached hydrogens (primary N) is 1. The number of rotatable bonds is 7. The molecule has 2 rings (SSSR count). The Labute approximate surface area is 155 Å². The first kappa shape index (κ1) is 19.8. The Morgan fingerprint density at radius 3 is 2.35 bits per heavy atom. The Morgan fingerprint density at radius 1 is 1.27 bits per heavy atom. The predicted molar refractivity (Wildman–Crippen MR) is 106 cm³/mol. The van der Waals surface area contributed by atoms with E-state index < -0.39 is 0 Å². The van der Waals surface area contributed by atoms with Crippen molar-refractivity contribution < 1.29 is 9.13 Å². The second kappa shape index (κ2) is 8.74. The van der Waals surface area contributed by atoms with Gasteiger partial charge >= 0.3 is 0 Å². The van der Waals surface area contributed by atoms with Crippen LogP contribution in [0.5, 0.6) is 0 Å². The average molecular weight is 360 g/mol. The van der Waals surface area contributed by atoms with Crippen molar-refractivity contribution in [3.05, 3.63) is 53.4 Å². The molecule has 6 heteroatoms. The molecule has 1 aliphatic heterocycles. The van der Waals surface area contributed by atoms with Gasteiger partial charge in [-0.3, -0.25) is 0 Å². The number of hydrogen-bond donors (Lipinski definition) is 3. The monoisotopic (exact) mass is 360 g/mol. The van der Waals surface area contributed by atoms with E-state index in [9.17, 15) is 4.39 Å². The van der Waals surface area contributed by atoms with Gasteiger partial charge in [-0.1, -0.05) is 34.3 Å². The molecule has 0 fully saturated rings. The molecule has 0 unspecified atom stereocenters. The summed E-state index contributed by atoms with van der Waals surface area (Å²) in [5, 5.41) is 6.41. The highest BCUT2D eigenvalue weighted by molar-refractivity contribution is 5.93. The molecule has 4 N–H and O–H groups in total. The topological polar surface area (TPSA) is 71.7 Å². The summed E-state index contributed by atoms with van der Waals surface area (Å²) in [6.45, 7) is 13.5. The van der Waals surface area contributed by atoms with Crippen molar-refractivity contribution in [2.45, 2.75) is 46.0 Å². The molecule has 1 heterocycles. The minimum Gasteiger partial charge on any atom is -0.476 e. The van der Waals surface area contributed by atoms with Crippen LogP contribution in [0.2, 0.25) is 0 Å². The SMILES string of the molecule is C=C(NC(=CN)C1=NCCCO1)Nc1c(C(C)C)cc(F)cc1C(C)C. The van der Waals surface area contributed by atoms with Crippen molar-refractivity contribution in [3.8, 4) is 0 Å². The zero-order valence-corrected chi connectivity index (χ0v) is 16.0. The van der Waals surface area contributed by atoms with Crippen LogP contribution in [0.15, 0.2) is 41.4 Å². The Hall–Kier alpha value is -2.50. The van der Waals surface area contributed by atoms with Gasteiger partial charge in [0.1, 0.15) is 17.3 Å². The highest BCUT2D eigenvalue weighted by atomic mass is 19.1. The molecule has 1 aliphatic rings. The third kappa shape index (κ3) is 4.77. The Kier molecular flexibility index (Phi) is 6.66. The Morgan fingerprint density at radius 2 is 1.88 bits per heavy atom. The van der Waals surface area contributed by atoms with E-state index in [-0.39, 0.29) is 17.7 Å². The second-order valence-corrected chi connectivity index (χ2v) is 6.97. The molecule has 0 bridgehead atoms. The van der Waals surface area contributed by atoms with Gasteiger partial charge < -0.3 is 21.1 Å². The zero-order chi connectivity index (χ0) is 19.3. The largest absolute Gasteiger partial charge is 0.476 e. The first-order valence-electron chi connectivity index (χ1n) is 8.99. The maximum atomic E-state index is 14.0. The Bertz CT molecular complexity index is 694. The van der Waals surface area contributed by atoms with Crippen LogP contribution in [0.3, 0.4) is 0 Å². The van der Waals surface area contributed by atoms with E-state index in [0.29, 0.717) is 30.6 Å². The number of nitrogens with zero attached hydrogens (tertiary/aromatic N) is 1. The van der Waals surface area contributed by atoms with Crippen LogP contribution in [0.25, 0.3) is 0 Å². The van der Waals surface area contributed by atoms with Gasteiger partial charge in [-0.25, -0.2) is 9.38 Å². The summed E-state index contributed by atoms with van der Waals surface area (Å²) >= 11 is 0. The number of anilines is 1. The summed E-state index contributed by atoms with van der Waals surface area (Å²) < 4.78 is 19.6. The molecule has 142 valence electrons. The van der Waals surface area contributed by atoms with Gasteiger partial charge in [0.15, 0.2) is 0 Å². The van der Waals surface area contributed by atoms with E-state index in [1.807, 2.05) is 27.7 Å². The lowest BCUT2D eigenvalue weighted by Gasteiger charge is -2.24. The molecule has 0 radical (unpaired) electrons. The molecular formula is C20H29FN4O. The van der Waals surface area contributed by atoms with Gasteiger partial charge in [0.25, 0.3) is 0 Å². The van der Waals surface area contributed by atoms with E-state index in [1.54, 1.807) is 12.1 Å². The van der Waals surface area contributed by atoms with Gasteiger partial charge in [0.2, 0.25) is 5.90 Å². The number of aliphatic imine (C=N–C) groups is 1. The number of ether oxygens (including phenoxy) is 1. The van der Waals surface area contributed by atoms with Crippen molar-refractivity contribution in [2.24, 2.45) is 10.7 Å². The molecule has 0 atom stereocenters. The lowest BCUT2D eigenvalue weighted by atomic mass is 9.92. The summed E-state index contributed by atoms with van der Waals surface area (Å²) in [5.41, 5.74) is 8.95. The second-order valence-electron chi connectivity index (χ2n) is 6.97. The number of halogens is 1. The fraction of sp³-hybridized carbons (Fsp3) is 0.450.